The number of carboxylic acid groups (broad SMARTS) is 1. The molecule has 6 nitrogen and oxygen atoms in total. The molecule has 1 aromatic heterocycles. The van der Waals surface area contributed by atoms with Gasteiger partial charge in [-0.25, -0.2) is 18.1 Å². The number of amides is 1. The van der Waals surface area contributed by atoms with Gasteiger partial charge in [-0.15, -0.1) is 0 Å². The molecule has 144 valence electrons. The van der Waals surface area contributed by atoms with Gasteiger partial charge in [0.25, 0.3) is 5.56 Å². The lowest BCUT2D eigenvalue weighted by Gasteiger charge is -2.13. The van der Waals surface area contributed by atoms with Crippen molar-refractivity contribution in [2.75, 3.05) is 0 Å². The number of carbonyl (C=O) groups is 2. The number of halogens is 3. The number of nitrogens with one attached hydrogen (secondary N) is 1. The largest absolute Gasteiger partial charge is 0.464 e. The van der Waals surface area contributed by atoms with Crippen molar-refractivity contribution in [2.45, 2.75) is 13.0 Å². The summed E-state index contributed by atoms with van der Waals surface area (Å²) >= 11 is 6.04. The molecule has 0 aliphatic rings. The molecule has 1 heterocycles. The molecule has 9 heteroatoms. The molecule has 0 aliphatic carbocycles. The highest BCUT2D eigenvalue weighted by atomic mass is 35.5. The van der Waals surface area contributed by atoms with Crippen molar-refractivity contribution in [3.8, 4) is 0 Å². The Balaban J connectivity index is 1.91. The predicted molar refractivity (Wildman–Crippen MR) is 98.5 cm³/mol. The fraction of sp³-hybridized carbons (Fsp3) is 0.105. The Morgan fingerprint density at radius 2 is 1.86 bits per heavy atom. The van der Waals surface area contributed by atoms with E-state index >= 15 is 0 Å². The lowest BCUT2D eigenvalue weighted by atomic mass is 10.1. The van der Waals surface area contributed by atoms with Gasteiger partial charge in [0.05, 0.1) is 11.9 Å². The maximum atomic E-state index is 13.7. The standard InChI is InChI=1S/C19H13ClF2N2O4/c20-13-6-11-4-5-16(26)24(19(27)28)18(11)12(7-13)9-23-15(25)8-10-2-1-3-14(21)17(10)22/h1-7H,8-9H2,(H,23,25)(H,27,28). The topological polar surface area (TPSA) is 88.4 Å². The van der Waals surface area contributed by atoms with Gasteiger partial charge in [-0.3, -0.25) is 9.59 Å². The van der Waals surface area contributed by atoms with Crippen LogP contribution in [-0.4, -0.2) is 21.7 Å². The second-order valence-corrected chi connectivity index (χ2v) is 6.40. The summed E-state index contributed by atoms with van der Waals surface area (Å²) in [7, 11) is 0. The van der Waals surface area contributed by atoms with Crippen LogP contribution < -0.4 is 10.9 Å². The van der Waals surface area contributed by atoms with Crippen LogP contribution in [0, 0.1) is 11.6 Å². The monoisotopic (exact) mass is 406 g/mol. The van der Waals surface area contributed by atoms with E-state index in [9.17, 15) is 28.3 Å². The third kappa shape index (κ3) is 3.86. The van der Waals surface area contributed by atoms with E-state index in [1.807, 2.05) is 0 Å². The first-order valence-electron chi connectivity index (χ1n) is 8.05. The van der Waals surface area contributed by atoms with E-state index in [1.54, 1.807) is 0 Å². The molecule has 0 aliphatic heterocycles. The SMILES string of the molecule is O=C(Cc1cccc(F)c1F)NCc1cc(Cl)cc2ccc(=O)n(C(=O)O)c12. The third-order valence-electron chi connectivity index (χ3n) is 4.08. The molecule has 0 spiro atoms. The smallest absolute Gasteiger partial charge is 0.419 e. The van der Waals surface area contributed by atoms with Gasteiger partial charge in [0.2, 0.25) is 5.91 Å². The first kappa shape index (κ1) is 19.5. The summed E-state index contributed by atoms with van der Waals surface area (Å²) in [4.78, 5) is 35.6. The number of hydrogen-bond acceptors (Lipinski definition) is 3. The fourth-order valence-corrected chi connectivity index (χ4v) is 3.11. The van der Waals surface area contributed by atoms with Crippen LogP contribution in [0.25, 0.3) is 10.9 Å². The zero-order valence-electron chi connectivity index (χ0n) is 14.2. The summed E-state index contributed by atoms with van der Waals surface area (Å²) in [6.07, 6.45) is -1.89. The highest BCUT2D eigenvalue weighted by molar-refractivity contribution is 6.31. The fourth-order valence-electron chi connectivity index (χ4n) is 2.86. The number of carbonyl (C=O) groups excluding carboxylic acids is 1. The Bertz CT molecular complexity index is 1160. The molecule has 3 aromatic rings. The van der Waals surface area contributed by atoms with Crippen LogP contribution in [0.15, 0.2) is 47.3 Å². The molecular formula is C19H13ClF2N2O4. The van der Waals surface area contributed by atoms with Crippen molar-refractivity contribution in [3.05, 3.63) is 80.6 Å². The Kier molecular flexibility index (Phi) is 5.41. The van der Waals surface area contributed by atoms with Crippen molar-refractivity contribution < 1.29 is 23.5 Å². The van der Waals surface area contributed by atoms with Crippen LogP contribution in [0.4, 0.5) is 13.6 Å². The predicted octanol–water partition coefficient (Wildman–Crippen LogP) is 3.32. The lowest BCUT2D eigenvalue weighted by Crippen LogP contribution is -2.28. The van der Waals surface area contributed by atoms with Crippen molar-refractivity contribution in [2.24, 2.45) is 0 Å². The maximum absolute atomic E-state index is 13.7. The molecule has 0 fully saturated rings. The first-order chi connectivity index (χ1) is 13.3. The number of pyridine rings is 1. The van der Waals surface area contributed by atoms with Gasteiger partial charge in [-0.05, 0) is 29.8 Å². The average Bonchev–Trinajstić information content (AvgIpc) is 2.63. The van der Waals surface area contributed by atoms with Crippen molar-refractivity contribution in [1.29, 1.82) is 0 Å². The van der Waals surface area contributed by atoms with Gasteiger partial charge in [0, 0.05) is 28.6 Å². The Morgan fingerprint density at radius 3 is 2.57 bits per heavy atom. The summed E-state index contributed by atoms with van der Waals surface area (Å²) < 4.78 is 27.5. The van der Waals surface area contributed by atoms with E-state index in [0.29, 0.717) is 9.95 Å². The Hall–Kier alpha value is -3.26. The van der Waals surface area contributed by atoms with Crippen molar-refractivity contribution in [3.63, 3.8) is 0 Å². The maximum Gasteiger partial charge on any atom is 0.419 e. The second-order valence-electron chi connectivity index (χ2n) is 5.96. The van der Waals surface area contributed by atoms with Crippen molar-refractivity contribution in [1.82, 2.24) is 9.88 Å². The summed E-state index contributed by atoms with van der Waals surface area (Å²) in [6.45, 7) is -0.163. The minimum atomic E-state index is -1.48. The molecule has 28 heavy (non-hydrogen) atoms. The molecule has 2 aromatic carbocycles. The van der Waals surface area contributed by atoms with Gasteiger partial charge in [0.1, 0.15) is 0 Å². The Morgan fingerprint density at radius 1 is 1.11 bits per heavy atom. The van der Waals surface area contributed by atoms with Crippen LogP contribution in [0.3, 0.4) is 0 Å². The molecule has 3 rings (SSSR count). The summed E-state index contributed by atoms with van der Waals surface area (Å²) in [5.41, 5.74) is -0.495. The summed E-state index contributed by atoms with van der Waals surface area (Å²) in [5, 5.41) is 12.5. The zero-order chi connectivity index (χ0) is 20.4. The van der Waals surface area contributed by atoms with E-state index in [4.69, 9.17) is 11.6 Å². The molecule has 1 amide bonds. The normalized spacial score (nSPS) is 10.8. The molecule has 0 saturated carbocycles. The quantitative estimate of drug-likeness (QED) is 0.695. The van der Waals surface area contributed by atoms with E-state index in [-0.39, 0.29) is 28.2 Å². The minimum Gasteiger partial charge on any atom is -0.464 e. The van der Waals surface area contributed by atoms with Gasteiger partial charge in [-0.2, -0.15) is 0 Å². The zero-order valence-corrected chi connectivity index (χ0v) is 15.0. The van der Waals surface area contributed by atoms with Crippen LogP contribution >= 0.6 is 11.6 Å². The average molecular weight is 407 g/mol. The number of fused-ring (bicyclic) bond motifs is 1. The van der Waals surface area contributed by atoms with Crippen LogP contribution in [0.1, 0.15) is 11.1 Å². The highest BCUT2D eigenvalue weighted by Crippen LogP contribution is 2.23. The number of aromatic nitrogens is 1. The van der Waals surface area contributed by atoms with E-state index in [1.165, 1.54) is 30.3 Å². The lowest BCUT2D eigenvalue weighted by molar-refractivity contribution is -0.120. The molecule has 0 saturated heterocycles. The second kappa shape index (κ2) is 7.77. The van der Waals surface area contributed by atoms with Gasteiger partial charge < -0.3 is 10.4 Å². The van der Waals surface area contributed by atoms with Crippen molar-refractivity contribution >= 4 is 34.5 Å². The number of benzene rings is 2. The highest BCUT2D eigenvalue weighted by Gasteiger charge is 2.16. The molecule has 0 radical (unpaired) electrons. The number of nitrogens with zero attached hydrogens (tertiary/aromatic N) is 1. The minimum absolute atomic E-state index is 0.0848. The number of hydrogen-bond donors (Lipinski definition) is 2. The van der Waals surface area contributed by atoms with Crippen LogP contribution in [-0.2, 0) is 17.8 Å². The van der Waals surface area contributed by atoms with Gasteiger partial charge in [0.15, 0.2) is 11.6 Å². The number of rotatable bonds is 4. The summed E-state index contributed by atoms with van der Waals surface area (Å²) in [6, 6.07) is 8.96. The molecule has 0 unspecified atom stereocenters. The van der Waals surface area contributed by atoms with Crippen LogP contribution in [0.2, 0.25) is 5.02 Å². The molecule has 2 N–H and O–H groups in total. The van der Waals surface area contributed by atoms with Crippen LogP contribution in [0.5, 0.6) is 0 Å². The van der Waals surface area contributed by atoms with E-state index in [0.717, 1.165) is 12.1 Å². The first-order valence-corrected chi connectivity index (χ1v) is 8.43. The molecule has 0 bridgehead atoms. The van der Waals surface area contributed by atoms with E-state index in [2.05, 4.69) is 5.32 Å². The molecular weight excluding hydrogens is 394 g/mol. The van der Waals surface area contributed by atoms with E-state index < -0.39 is 35.6 Å². The molecule has 0 atom stereocenters. The van der Waals surface area contributed by atoms with Gasteiger partial charge >= 0.3 is 6.09 Å². The Labute approximate surface area is 162 Å². The van der Waals surface area contributed by atoms with Gasteiger partial charge in [-0.1, -0.05) is 23.7 Å². The summed E-state index contributed by atoms with van der Waals surface area (Å²) in [5.74, 6) is -2.78. The third-order valence-corrected chi connectivity index (χ3v) is 4.30.